The Labute approximate surface area is 76.2 Å². The lowest BCUT2D eigenvalue weighted by molar-refractivity contribution is 0.177. The summed E-state index contributed by atoms with van der Waals surface area (Å²) < 4.78 is 0. The van der Waals surface area contributed by atoms with Crippen LogP contribution >= 0.6 is 24.8 Å². The highest BCUT2D eigenvalue weighted by molar-refractivity contribution is 5.85. The average molecular weight is 201 g/mol. The molecule has 0 fully saturated rings. The lowest BCUT2D eigenvalue weighted by atomic mass is 10.3. The largest absolute Gasteiger partial charge is 0.384 e. The fraction of sp³-hybridized carbons (Fsp3) is 0.500. The predicted octanol–water partition coefficient (Wildman–Crippen LogP) is -0.360. The quantitative estimate of drug-likeness (QED) is 0.609. The van der Waals surface area contributed by atoms with Gasteiger partial charge in [-0.1, -0.05) is 0 Å². The van der Waals surface area contributed by atoms with Crippen LogP contribution in [0, 0.1) is 0 Å². The van der Waals surface area contributed by atoms with Gasteiger partial charge in [0.2, 0.25) is 0 Å². The van der Waals surface area contributed by atoms with Gasteiger partial charge in [-0.3, -0.25) is 5.10 Å². The molecule has 66 valence electrons. The van der Waals surface area contributed by atoms with Crippen LogP contribution in [0.2, 0.25) is 0 Å². The van der Waals surface area contributed by atoms with Gasteiger partial charge in [-0.25, -0.2) is 4.98 Å². The average Bonchev–Trinajstić information content (AvgIpc) is 2.37. The number of halogens is 2. The van der Waals surface area contributed by atoms with Crippen LogP contribution in [-0.4, -0.2) is 26.8 Å². The third-order valence-electron chi connectivity index (χ3n) is 0.973. The van der Waals surface area contributed by atoms with Crippen LogP contribution in [0.1, 0.15) is 11.9 Å². The molecule has 1 aromatic rings. The maximum Gasteiger partial charge on any atom is 0.154 e. The van der Waals surface area contributed by atoms with E-state index < -0.39 is 6.10 Å². The van der Waals surface area contributed by atoms with Crippen LogP contribution in [0.15, 0.2) is 6.33 Å². The maximum atomic E-state index is 8.96. The van der Waals surface area contributed by atoms with Crippen molar-refractivity contribution in [2.45, 2.75) is 6.10 Å². The molecule has 5 nitrogen and oxygen atoms in total. The van der Waals surface area contributed by atoms with Crippen molar-refractivity contribution in [1.29, 1.82) is 0 Å². The van der Waals surface area contributed by atoms with E-state index in [1.807, 2.05) is 0 Å². The Kier molecular flexibility index (Phi) is 7.65. The Morgan fingerprint density at radius 1 is 1.64 bits per heavy atom. The molecule has 0 aromatic carbocycles. The number of aliphatic hydroxyl groups is 1. The van der Waals surface area contributed by atoms with Crippen LogP contribution in [0.5, 0.6) is 0 Å². The molecule has 1 rings (SSSR count). The number of H-pyrrole nitrogens is 1. The molecule has 1 aromatic heterocycles. The van der Waals surface area contributed by atoms with E-state index in [0.29, 0.717) is 5.82 Å². The van der Waals surface area contributed by atoms with Crippen LogP contribution in [0.25, 0.3) is 0 Å². The first-order valence-electron chi connectivity index (χ1n) is 2.58. The number of hydrogen-bond acceptors (Lipinski definition) is 4. The summed E-state index contributed by atoms with van der Waals surface area (Å²) in [5.41, 5.74) is 5.13. The first kappa shape index (κ1) is 13.2. The van der Waals surface area contributed by atoms with Crippen molar-refractivity contribution in [3.05, 3.63) is 12.2 Å². The summed E-state index contributed by atoms with van der Waals surface area (Å²) in [5, 5.41) is 15.0. The second kappa shape index (κ2) is 6.36. The molecule has 0 saturated heterocycles. The topological polar surface area (TPSA) is 87.8 Å². The van der Waals surface area contributed by atoms with Crippen LogP contribution in [0.3, 0.4) is 0 Å². The monoisotopic (exact) mass is 200 g/mol. The van der Waals surface area contributed by atoms with Gasteiger partial charge in [0, 0.05) is 6.54 Å². The third kappa shape index (κ3) is 3.52. The second-order valence-electron chi connectivity index (χ2n) is 1.62. The van der Waals surface area contributed by atoms with Crippen molar-refractivity contribution in [2.75, 3.05) is 6.54 Å². The van der Waals surface area contributed by atoms with Crippen molar-refractivity contribution in [1.82, 2.24) is 15.2 Å². The summed E-state index contributed by atoms with van der Waals surface area (Å²) in [6.45, 7) is 0.162. The summed E-state index contributed by atoms with van der Waals surface area (Å²) in [7, 11) is 0. The van der Waals surface area contributed by atoms with Crippen molar-refractivity contribution in [3.63, 3.8) is 0 Å². The number of rotatable bonds is 2. The summed E-state index contributed by atoms with van der Waals surface area (Å²) in [5.74, 6) is 0.414. The van der Waals surface area contributed by atoms with E-state index >= 15 is 0 Å². The van der Waals surface area contributed by atoms with E-state index in [9.17, 15) is 0 Å². The molecule has 1 heterocycles. The van der Waals surface area contributed by atoms with E-state index in [4.69, 9.17) is 10.8 Å². The molecular formula is C4H10Cl2N4O. The minimum atomic E-state index is -0.715. The summed E-state index contributed by atoms with van der Waals surface area (Å²) >= 11 is 0. The molecule has 0 amide bonds. The number of aromatic nitrogens is 3. The Hall–Kier alpha value is -0.360. The smallest absolute Gasteiger partial charge is 0.154 e. The minimum Gasteiger partial charge on any atom is -0.384 e. The number of nitrogens with zero attached hydrogens (tertiary/aromatic N) is 2. The molecule has 7 heteroatoms. The lowest BCUT2D eigenvalue weighted by Gasteiger charge is -1.99. The zero-order chi connectivity index (χ0) is 6.69. The third-order valence-corrected chi connectivity index (χ3v) is 0.973. The van der Waals surface area contributed by atoms with E-state index in [1.54, 1.807) is 0 Å². The van der Waals surface area contributed by atoms with Crippen molar-refractivity contribution >= 4 is 24.8 Å². The zero-order valence-electron chi connectivity index (χ0n) is 5.60. The first-order chi connectivity index (χ1) is 4.34. The number of aromatic amines is 1. The normalized spacial score (nSPS) is 11.1. The Balaban J connectivity index is 0. The predicted molar refractivity (Wildman–Crippen MR) is 44.9 cm³/mol. The molecule has 0 aliphatic carbocycles. The van der Waals surface area contributed by atoms with Gasteiger partial charge in [-0.2, -0.15) is 5.10 Å². The highest BCUT2D eigenvalue weighted by Gasteiger charge is 2.05. The number of hydrogen-bond donors (Lipinski definition) is 3. The van der Waals surface area contributed by atoms with Gasteiger partial charge in [0.25, 0.3) is 0 Å². The molecule has 0 aliphatic heterocycles. The Morgan fingerprint density at radius 2 is 2.27 bits per heavy atom. The van der Waals surface area contributed by atoms with Gasteiger partial charge >= 0.3 is 0 Å². The summed E-state index contributed by atoms with van der Waals surface area (Å²) in [6, 6.07) is 0. The van der Waals surface area contributed by atoms with E-state index in [1.165, 1.54) is 6.33 Å². The standard InChI is InChI=1S/C4H8N4O.2ClH/c5-1-3(9)4-6-2-7-8-4;;/h2-3,9H,1,5H2,(H,6,7,8);2*1H. The number of aliphatic hydroxyl groups excluding tert-OH is 1. The lowest BCUT2D eigenvalue weighted by Crippen LogP contribution is -2.12. The van der Waals surface area contributed by atoms with Gasteiger partial charge in [-0.15, -0.1) is 24.8 Å². The highest BCUT2D eigenvalue weighted by Crippen LogP contribution is 2.00. The van der Waals surface area contributed by atoms with E-state index in [0.717, 1.165) is 0 Å². The van der Waals surface area contributed by atoms with Gasteiger partial charge in [0.1, 0.15) is 12.4 Å². The van der Waals surface area contributed by atoms with Gasteiger partial charge in [-0.05, 0) is 0 Å². The second-order valence-corrected chi connectivity index (χ2v) is 1.62. The molecule has 4 N–H and O–H groups in total. The van der Waals surface area contributed by atoms with Crippen molar-refractivity contribution in [2.24, 2.45) is 5.73 Å². The van der Waals surface area contributed by atoms with Crippen molar-refractivity contribution < 1.29 is 5.11 Å². The molecule has 0 saturated carbocycles. The Bertz CT molecular complexity index is 169. The molecule has 0 spiro atoms. The van der Waals surface area contributed by atoms with Gasteiger partial charge in [0.15, 0.2) is 5.82 Å². The molecule has 0 radical (unpaired) electrons. The molecule has 1 unspecified atom stereocenters. The molecule has 0 aliphatic rings. The van der Waals surface area contributed by atoms with Gasteiger partial charge in [0.05, 0.1) is 0 Å². The molecule has 0 bridgehead atoms. The Morgan fingerprint density at radius 3 is 2.64 bits per heavy atom. The van der Waals surface area contributed by atoms with Crippen LogP contribution < -0.4 is 5.73 Å². The summed E-state index contributed by atoms with van der Waals surface area (Å²) in [6.07, 6.45) is 0.612. The SMILES string of the molecule is Cl.Cl.NCC(O)c1ncn[nH]1. The zero-order valence-corrected chi connectivity index (χ0v) is 7.23. The summed E-state index contributed by atoms with van der Waals surface area (Å²) in [4.78, 5) is 3.69. The minimum absolute atomic E-state index is 0. The van der Waals surface area contributed by atoms with Crippen LogP contribution in [-0.2, 0) is 0 Å². The fourth-order valence-corrected chi connectivity index (χ4v) is 0.487. The van der Waals surface area contributed by atoms with Crippen LogP contribution in [0.4, 0.5) is 0 Å². The number of nitrogens with two attached hydrogens (primary N) is 1. The molecular weight excluding hydrogens is 191 g/mol. The fourth-order valence-electron chi connectivity index (χ4n) is 0.487. The first-order valence-corrected chi connectivity index (χ1v) is 2.58. The van der Waals surface area contributed by atoms with E-state index in [2.05, 4.69) is 15.2 Å². The molecule has 11 heavy (non-hydrogen) atoms. The highest BCUT2D eigenvalue weighted by atomic mass is 35.5. The van der Waals surface area contributed by atoms with E-state index in [-0.39, 0.29) is 31.4 Å². The van der Waals surface area contributed by atoms with Gasteiger partial charge < -0.3 is 10.8 Å². The molecule has 1 atom stereocenters. The van der Waals surface area contributed by atoms with Crippen molar-refractivity contribution in [3.8, 4) is 0 Å². The maximum absolute atomic E-state index is 8.96. The number of nitrogens with one attached hydrogen (secondary N) is 1.